The lowest BCUT2D eigenvalue weighted by molar-refractivity contribution is -0.148. The van der Waals surface area contributed by atoms with Gasteiger partial charge < -0.3 is 15.8 Å². The second kappa shape index (κ2) is 6.70. The number of anilines is 1. The molecular weight excluding hydrogens is 316 g/mol. The van der Waals surface area contributed by atoms with E-state index in [1.54, 1.807) is 11.4 Å². The molecule has 2 aliphatic carbocycles. The molecule has 0 radical (unpaired) electrons. The SMILES string of the molecule is NC(=O)c1ccsc1NC(=O)COC(=O)C[C@@H]1C[C@H]2CC[C@@H]1C2. The van der Waals surface area contributed by atoms with Crippen LogP contribution in [0.15, 0.2) is 11.4 Å². The lowest BCUT2D eigenvalue weighted by Gasteiger charge is -2.20. The van der Waals surface area contributed by atoms with E-state index in [4.69, 9.17) is 10.5 Å². The maximum Gasteiger partial charge on any atom is 0.306 e. The average molecular weight is 336 g/mol. The third kappa shape index (κ3) is 3.72. The van der Waals surface area contributed by atoms with E-state index in [1.807, 2.05) is 0 Å². The van der Waals surface area contributed by atoms with Gasteiger partial charge in [0, 0.05) is 6.42 Å². The summed E-state index contributed by atoms with van der Waals surface area (Å²) in [6, 6.07) is 1.55. The number of ether oxygens (including phenoxy) is 1. The molecule has 2 bridgehead atoms. The van der Waals surface area contributed by atoms with Crippen molar-refractivity contribution in [2.45, 2.75) is 32.1 Å². The third-order valence-corrected chi connectivity index (χ3v) is 5.69. The second-order valence-corrected chi connectivity index (χ2v) is 7.29. The maximum absolute atomic E-state index is 11.9. The van der Waals surface area contributed by atoms with E-state index in [1.165, 1.54) is 30.6 Å². The number of rotatable bonds is 6. The Bertz CT molecular complexity index is 627. The first-order valence-electron chi connectivity index (χ1n) is 7.85. The van der Waals surface area contributed by atoms with Crippen LogP contribution in [0.4, 0.5) is 5.00 Å². The molecular formula is C16H20N2O4S. The summed E-state index contributed by atoms with van der Waals surface area (Å²) >= 11 is 1.20. The summed E-state index contributed by atoms with van der Waals surface area (Å²) < 4.78 is 5.06. The van der Waals surface area contributed by atoms with Gasteiger partial charge in [-0.25, -0.2) is 0 Å². The highest BCUT2D eigenvalue weighted by molar-refractivity contribution is 7.14. The van der Waals surface area contributed by atoms with Gasteiger partial charge in [0.05, 0.1) is 5.56 Å². The predicted molar refractivity (Wildman–Crippen MR) is 86.0 cm³/mol. The number of primary amides is 1. The Balaban J connectivity index is 1.42. The molecule has 3 N–H and O–H groups in total. The van der Waals surface area contributed by atoms with E-state index in [0.29, 0.717) is 23.3 Å². The number of amides is 2. The fraction of sp³-hybridized carbons (Fsp3) is 0.562. The molecule has 0 aliphatic heterocycles. The molecule has 1 aromatic rings. The smallest absolute Gasteiger partial charge is 0.306 e. The van der Waals surface area contributed by atoms with Crippen LogP contribution in [0.3, 0.4) is 0 Å². The fourth-order valence-electron chi connectivity index (χ4n) is 3.81. The summed E-state index contributed by atoms with van der Waals surface area (Å²) in [4.78, 5) is 34.9. The van der Waals surface area contributed by atoms with Gasteiger partial charge >= 0.3 is 5.97 Å². The Morgan fingerprint density at radius 1 is 1.30 bits per heavy atom. The van der Waals surface area contributed by atoms with Crippen LogP contribution in [0.5, 0.6) is 0 Å². The first-order valence-corrected chi connectivity index (χ1v) is 8.73. The molecule has 0 aromatic carbocycles. The minimum Gasteiger partial charge on any atom is -0.456 e. The van der Waals surface area contributed by atoms with E-state index in [2.05, 4.69) is 5.32 Å². The minimum atomic E-state index is -0.602. The quantitative estimate of drug-likeness (QED) is 0.778. The molecule has 124 valence electrons. The van der Waals surface area contributed by atoms with Crippen molar-refractivity contribution in [3.63, 3.8) is 0 Å². The van der Waals surface area contributed by atoms with Crippen LogP contribution in [0.1, 0.15) is 42.5 Å². The van der Waals surface area contributed by atoms with Crippen molar-refractivity contribution in [3.8, 4) is 0 Å². The van der Waals surface area contributed by atoms with Gasteiger partial charge in [-0.05, 0) is 48.5 Å². The van der Waals surface area contributed by atoms with Crippen LogP contribution in [-0.4, -0.2) is 24.4 Å². The Kier molecular flexibility index (Phi) is 4.66. The van der Waals surface area contributed by atoms with Crippen molar-refractivity contribution in [2.75, 3.05) is 11.9 Å². The standard InChI is InChI=1S/C16H20N2O4S/c17-15(21)12-3-4-23-16(12)18-13(19)8-22-14(20)7-11-6-9-1-2-10(11)5-9/h3-4,9-11H,1-2,5-8H2,(H2,17,21)(H,18,19)/t9-,10+,11-/m0/s1. The molecule has 2 fully saturated rings. The fourth-order valence-corrected chi connectivity index (χ4v) is 4.62. The molecule has 0 spiro atoms. The molecule has 0 unspecified atom stereocenters. The number of thiophene rings is 1. The van der Waals surface area contributed by atoms with E-state index in [9.17, 15) is 14.4 Å². The monoisotopic (exact) mass is 336 g/mol. The number of carbonyl (C=O) groups is 3. The topological polar surface area (TPSA) is 98.5 Å². The molecule has 7 heteroatoms. The number of carbonyl (C=O) groups excluding carboxylic acids is 3. The van der Waals surface area contributed by atoms with Crippen LogP contribution in [0.2, 0.25) is 0 Å². The number of esters is 1. The van der Waals surface area contributed by atoms with Crippen molar-refractivity contribution >= 4 is 34.1 Å². The van der Waals surface area contributed by atoms with Crippen LogP contribution in [0.25, 0.3) is 0 Å². The lowest BCUT2D eigenvalue weighted by atomic mass is 9.86. The van der Waals surface area contributed by atoms with E-state index in [0.717, 1.165) is 12.3 Å². The molecule has 3 rings (SSSR count). The van der Waals surface area contributed by atoms with Gasteiger partial charge in [0.2, 0.25) is 0 Å². The van der Waals surface area contributed by atoms with Crippen molar-refractivity contribution in [1.29, 1.82) is 0 Å². The molecule has 3 atom stereocenters. The largest absolute Gasteiger partial charge is 0.456 e. The minimum absolute atomic E-state index is 0.261. The first kappa shape index (κ1) is 16.0. The molecule has 2 aliphatic rings. The lowest BCUT2D eigenvalue weighted by Crippen LogP contribution is -2.24. The van der Waals surface area contributed by atoms with Gasteiger partial charge in [-0.2, -0.15) is 0 Å². The van der Waals surface area contributed by atoms with Crippen molar-refractivity contribution in [2.24, 2.45) is 23.5 Å². The summed E-state index contributed by atoms with van der Waals surface area (Å²) in [6.45, 7) is -0.338. The highest BCUT2D eigenvalue weighted by Crippen LogP contribution is 2.49. The van der Waals surface area contributed by atoms with Crippen molar-refractivity contribution < 1.29 is 19.1 Å². The molecule has 1 heterocycles. The molecule has 0 saturated heterocycles. The van der Waals surface area contributed by atoms with Gasteiger partial charge in [0.15, 0.2) is 6.61 Å². The van der Waals surface area contributed by atoms with Crippen LogP contribution in [0, 0.1) is 17.8 Å². The molecule has 2 saturated carbocycles. The van der Waals surface area contributed by atoms with E-state index in [-0.39, 0.29) is 18.1 Å². The Hall–Kier alpha value is -1.89. The highest BCUT2D eigenvalue weighted by atomic mass is 32.1. The van der Waals surface area contributed by atoms with Gasteiger partial charge in [0.25, 0.3) is 11.8 Å². The number of nitrogens with two attached hydrogens (primary N) is 1. The predicted octanol–water partition coefficient (Wildman–Crippen LogP) is 2.15. The zero-order valence-corrected chi connectivity index (χ0v) is 13.6. The third-order valence-electron chi connectivity index (χ3n) is 4.86. The second-order valence-electron chi connectivity index (χ2n) is 6.38. The Morgan fingerprint density at radius 3 is 2.78 bits per heavy atom. The van der Waals surface area contributed by atoms with Gasteiger partial charge in [-0.1, -0.05) is 6.42 Å². The van der Waals surface area contributed by atoms with E-state index < -0.39 is 11.8 Å². The number of hydrogen-bond donors (Lipinski definition) is 2. The summed E-state index contributed by atoms with van der Waals surface area (Å²) in [7, 11) is 0. The summed E-state index contributed by atoms with van der Waals surface area (Å²) in [5.41, 5.74) is 5.47. The normalized spacial score (nSPS) is 25.3. The molecule has 23 heavy (non-hydrogen) atoms. The van der Waals surface area contributed by atoms with Crippen LogP contribution >= 0.6 is 11.3 Å². The zero-order valence-electron chi connectivity index (χ0n) is 12.7. The van der Waals surface area contributed by atoms with Crippen molar-refractivity contribution in [3.05, 3.63) is 17.0 Å². The zero-order chi connectivity index (χ0) is 16.4. The highest BCUT2D eigenvalue weighted by Gasteiger charge is 2.40. The number of nitrogens with one attached hydrogen (secondary N) is 1. The molecule has 2 amide bonds. The summed E-state index contributed by atoms with van der Waals surface area (Å²) in [6.07, 6.45) is 5.27. The Morgan fingerprint density at radius 2 is 2.13 bits per heavy atom. The first-order chi connectivity index (χ1) is 11.0. The van der Waals surface area contributed by atoms with Gasteiger partial charge in [-0.15, -0.1) is 11.3 Å². The maximum atomic E-state index is 11.9. The summed E-state index contributed by atoms with van der Waals surface area (Å²) in [5.74, 6) is 0.478. The number of hydrogen-bond acceptors (Lipinski definition) is 5. The molecule has 6 nitrogen and oxygen atoms in total. The van der Waals surface area contributed by atoms with E-state index >= 15 is 0 Å². The molecule has 1 aromatic heterocycles. The van der Waals surface area contributed by atoms with Gasteiger partial charge in [-0.3, -0.25) is 14.4 Å². The van der Waals surface area contributed by atoms with Gasteiger partial charge in [0.1, 0.15) is 5.00 Å². The summed E-state index contributed by atoms with van der Waals surface area (Å²) in [5, 5.41) is 4.59. The van der Waals surface area contributed by atoms with Crippen LogP contribution < -0.4 is 11.1 Å². The van der Waals surface area contributed by atoms with Crippen molar-refractivity contribution in [1.82, 2.24) is 0 Å². The average Bonchev–Trinajstić information content (AvgIpc) is 3.21. The number of fused-ring (bicyclic) bond motifs is 2. The Labute approximate surface area is 138 Å². The van der Waals surface area contributed by atoms with Crippen LogP contribution in [-0.2, 0) is 14.3 Å².